The van der Waals surface area contributed by atoms with Gasteiger partial charge in [-0.15, -0.1) is 72.0 Å². The van der Waals surface area contributed by atoms with E-state index in [-0.39, 0.29) is 51.0 Å². The molecule has 0 spiro atoms. The maximum Gasteiger partial charge on any atom is 0 e. The number of allylic oxidation sites excluding steroid dienone is 1. The van der Waals surface area contributed by atoms with E-state index in [1.54, 1.807) is 0 Å². The minimum Gasteiger partial charge on any atom is -0.168 e. The van der Waals surface area contributed by atoms with E-state index in [9.17, 15) is 0 Å². The van der Waals surface area contributed by atoms with Crippen molar-refractivity contribution in [2.75, 3.05) is 0 Å². The molecule has 0 aliphatic carbocycles. The van der Waals surface area contributed by atoms with Gasteiger partial charge in [0.15, 0.2) is 0 Å². The normalized spacial score (nSPS) is 8.71. The summed E-state index contributed by atoms with van der Waals surface area (Å²) in [6.07, 6.45) is 5.47. The first-order chi connectivity index (χ1) is 6.92. The summed E-state index contributed by atoms with van der Waals surface area (Å²) in [6.45, 7) is 3.74. The SMILES string of the molecule is C=CCCC[c-]1ccc2ccccc21.Cl.Cl.[Zr]. The van der Waals surface area contributed by atoms with E-state index < -0.39 is 0 Å². The molecule has 2 aromatic rings. The fraction of sp³-hybridized carbons (Fsp3) is 0.214. The number of aryl methyl sites for hydroxylation is 1. The first-order valence-electron chi connectivity index (χ1n) is 5.16. The Kier molecular flexibility index (Phi) is 11.4. The molecule has 0 saturated carbocycles. The summed E-state index contributed by atoms with van der Waals surface area (Å²) in [7, 11) is 0. The van der Waals surface area contributed by atoms with E-state index in [2.05, 4.69) is 43.0 Å². The zero-order valence-corrected chi connectivity index (χ0v) is 13.8. The number of fused-ring (bicyclic) bond motifs is 1. The number of hydrogen-bond acceptors (Lipinski definition) is 0. The second kappa shape index (κ2) is 10.0. The van der Waals surface area contributed by atoms with Crippen LogP contribution in [0.3, 0.4) is 0 Å². The Morgan fingerprint density at radius 3 is 2.53 bits per heavy atom. The predicted octanol–water partition coefficient (Wildman–Crippen LogP) is 4.91. The number of benzene rings is 1. The molecule has 0 aliphatic rings. The van der Waals surface area contributed by atoms with Gasteiger partial charge in [0.2, 0.25) is 0 Å². The molecule has 0 nitrogen and oxygen atoms in total. The summed E-state index contributed by atoms with van der Waals surface area (Å²) in [4.78, 5) is 0. The minimum atomic E-state index is 0. The first kappa shape index (κ1) is 19.4. The van der Waals surface area contributed by atoms with Crippen LogP contribution in [-0.2, 0) is 32.6 Å². The molecule has 0 atom stereocenters. The quantitative estimate of drug-likeness (QED) is 0.419. The van der Waals surface area contributed by atoms with Gasteiger partial charge in [0.05, 0.1) is 0 Å². The van der Waals surface area contributed by atoms with Crippen molar-refractivity contribution in [1.82, 2.24) is 0 Å². The largest absolute Gasteiger partial charge is 0.168 e. The fourth-order valence-corrected chi connectivity index (χ4v) is 1.87. The molecule has 3 heteroatoms. The molecule has 92 valence electrons. The van der Waals surface area contributed by atoms with Crippen LogP contribution in [0.1, 0.15) is 18.4 Å². The van der Waals surface area contributed by atoms with Gasteiger partial charge in [0.25, 0.3) is 0 Å². The van der Waals surface area contributed by atoms with Gasteiger partial charge in [-0.05, 0) is 6.42 Å². The third kappa shape index (κ3) is 5.04. The zero-order valence-electron chi connectivity index (χ0n) is 9.69. The molecular formula is C14H17Cl2Zr-. The molecule has 0 saturated heterocycles. The van der Waals surface area contributed by atoms with E-state index in [0.29, 0.717) is 0 Å². The van der Waals surface area contributed by atoms with Crippen molar-refractivity contribution >= 4 is 35.6 Å². The smallest absolute Gasteiger partial charge is 0 e. The van der Waals surface area contributed by atoms with Crippen molar-refractivity contribution in [3.8, 4) is 0 Å². The third-order valence-corrected chi connectivity index (χ3v) is 2.63. The molecule has 0 aromatic heterocycles. The van der Waals surface area contributed by atoms with Crippen LogP contribution in [0.5, 0.6) is 0 Å². The van der Waals surface area contributed by atoms with Crippen LogP contribution in [0.15, 0.2) is 49.1 Å². The standard InChI is InChI=1S/C14H15.2ClH.Zr/c1-2-3-4-7-12-10-11-13-8-5-6-9-14(12)13;;;/h2,5-6,8-11H,1,3-4,7H2;2*1H;/q-1;;;. The van der Waals surface area contributed by atoms with Crippen LogP contribution >= 0.6 is 24.8 Å². The van der Waals surface area contributed by atoms with E-state index in [4.69, 9.17) is 0 Å². The predicted molar refractivity (Wildman–Crippen MR) is 77.2 cm³/mol. The molecule has 2 aromatic carbocycles. The van der Waals surface area contributed by atoms with Crippen LogP contribution < -0.4 is 0 Å². The molecule has 0 N–H and O–H groups in total. The van der Waals surface area contributed by atoms with Crippen molar-refractivity contribution in [2.24, 2.45) is 0 Å². The topological polar surface area (TPSA) is 0 Å². The van der Waals surface area contributed by atoms with Gasteiger partial charge >= 0.3 is 0 Å². The maximum absolute atomic E-state index is 3.74. The second-order valence-corrected chi connectivity index (χ2v) is 3.63. The molecule has 0 aliphatic heterocycles. The van der Waals surface area contributed by atoms with E-state index >= 15 is 0 Å². The van der Waals surface area contributed by atoms with Crippen LogP contribution in [0, 0.1) is 0 Å². The summed E-state index contributed by atoms with van der Waals surface area (Å²) >= 11 is 0. The van der Waals surface area contributed by atoms with Gasteiger partial charge in [-0.2, -0.15) is 6.07 Å². The van der Waals surface area contributed by atoms with E-state index in [1.807, 2.05) is 6.08 Å². The molecule has 0 heterocycles. The Morgan fingerprint density at radius 2 is 1.82 bits per heavy atom. The van der Waals surface area contributed by atoms with Crippen LogP contribution in [0.2, 0.25) is 0 Å². The molecule has 0 unspecified atom stereocenters. The van der Waals surface area contributed by atoms with E-state index in [0.717, 1.165) is 6.42 Å². The van der Waals surface area contributed by atoms with Crippen LogP contribution in [-0.4, -0.2) is 0 Å². The Bertz CT molecular complexity index is 434. The molecule has 17 heavy (non-hydrogen) atoms. The summed E-state index contributed by atoms with van der Waals surface area (Å²) in [6, 6.07) is 13.0. The molecule has 0 fully saturated rings. The van der Waals surface area contributed by atoms with Crippen molar-refractivity contribution in [2.45, 2.75) is 19.3 Å². The maximum atomic E-state index is 3.74. The molecule has 0 bridgehead atoms. The molecule has 0 radical (unpaired) electrons. The Hall–Kier alpha value is 0.0331. The number of halogens is 2. The third-order valence-electron chi connectivity index (χ3n) is 2.63. The summed E-state index contributed by atoms with van der Waals surface area (Å²) in [5, 5.41) is 2.78. The average Bonchev–Trinajstić information content (AvgIpc) is 2.63. The van der Waals surface area contributed by atoms with E-state index in [1.165, 1.54) is 29.2 Å². The van der Waals surface area contributed by atoms with Gasteiger partial charge in [0.1, 0.15) is 0 Å². The Morgan fingerprint density at radius 1 is 1.12 bits per heavy atom. The number of hydrogen-bond donors (Lipinski definition) is 0. The van der Waals surface area contributed by atoms with Gasteiger partial charge in [-0.1, -0.05) is 25.0 Å². The number of rotatable bonds is 4. The van der Waals surface area contributed by atoms with Gasteiger partial charge in [-0.25, -0.2) is 0 Å². The number of unbranched alkanes of at least 4 members (excludes halogenated alkanes) is 1. The van der Waals surface area contributed by atoms with Gasteiger partial charge in [0, 0.05) is 26.2 Å². The van der Waals surface area contributed by atoms with Crippen molar-refractivity contribution in [1.29, 1.82) is 0 Å². The second-order valence-electron chi connectivity index (χ2n) is 3.63. The van der Waals surface area contributed by atoms with Crippen LogP contribution in [0.25, 0.3) is 10.8 Å². The van der Waals surface area contributed by atoms with Crippen molar-refractivity contribution < 1.29 is 26.2 Å². The summed E-state index contributed by atoms with van der Waals surface area (Å²) in [5.74, 6) is 0. The fourth-order valence-electron chi connectivity index (χ4n) is 1.87. The van der Waals surface area contributed by atoms with Gasteiger partial charge < -0.3 is 0 Å². The molecule has 0 amide bonds. The molecule has 2 rings (SSSR count). The molecular weight excluding hydrogens is 330 g/mol. The Balaban J connectivity index is 0. The van der Waals surface area contributed by atoms with Crippen molar-refractivity contribution in [3.05, 3.63) is 54.6 Å². The monoisotopic (exact) mass is 345 g/mol. The minimum absolute atomic E-state index is 0. The first-order valence-corrected chi connectivity index (χ1v) is 5.16. The van der Waals surface area contributed by atoms with Crippen molar-refractivity contribution in [3.63, 3.8) is 0 Å². The summed E-state index contributed by atoms with van der Waals surface area (Å²) < 4.78 is 0. The zero-order chi connectivity index (χ0) is 9.80. The van der Waals surface area contributed by atoms with Crippen LogP contribution in [0.4, 0.5) is 0 Å². The summed E-state index contributed by atoms with van der Waals surface area (Å²) in [5.41, 5.74) is 1.47. The Labute approximate surface area is 135 Å². The average molecular weight is 347 g/mol. The van der Waals surface area contributed by atoms with Gasteiger partial charge in [-0.3, -0.25) is 0 Å².